The van der Waals surface area contributed by atoms with Gasteiger partial charge in [0, 0.05) is 4.91 Å². The fourth-order valence-electron chi connectivity index (χ4n) is 1.43. The predicted molar refractivity (Wildman–Crippen MR) is 66.5 cm³/mol. The smallest absolute Gasteiger partial charge is 0.137 e. The van der Waals surface area contributed by atoms with Crippen molar-refractivity contribution in [1.82, 2.24) is 0 Å². The van der Waals surface area contributed by atoms with Gasteiger partial charge in [0.25, 0.3) is 0 Å². The van der Waals surface area contributed by atoms with Crippen LogP contribution in [0.4, 0.5) is 5.69 Å². The molecule has 0 aromatic heterocycles. The summed E-state index contributed by atoms with van der Waals surface area (Å²) in [5.41, 5.74) is 9.37. The van der Waals surface area contributed by atoms with Gasteiger partial charge in [0.15, 0.2) is 0 Å². The molecule has 0 saturated heterocycles. The van der Waals surface area contributed by atoms with Crippen LogP contribution in [0, 0.1) is 11.3 Å². The minimum absolute atomic E-state index is 0.405. The molecule has 0 unspecified atom stereocenters. The lowest BCUT2D eigenvalue weighted by atomic mass is 10.2. The molecule has 0 fully saturated rings. The first kappa shape index (κ1) is 11.5. The summed E-state index contributed by atoms with van der Waals surface area (Å²) >= 11 is 0. The highest BCUT2D eigenvalue weighted by molar-refractivity contribution is 5.53. The molecule has 0 saturated carbocycles. The second-order valence-corrected chi connectivity index (χ2v) is 3.40. The number of para-hydroxylation sites is 1. The molecule has 0 spiro atoms. The first-order valence-electron chi connectivity index (χ1n) is 5.15. The molecule has 0 amide bonds. The fraction of sp³-hybridized carbons (Fsp3) is 0. The molecule has 0 aliphatic heterocycles. The maximum atomic E-state index is 8.79. The first-order valence-corrected chi connectivity index (χ1v) is 5.15. The Bertz CT molecular complexity index is 654. The van der Waals surface area contributed by atoms with Crippen LogP contribution in [0.5, 0.6) is 11.5 Å². The third-order valence-electron chi connectivity index (χ3n) is 2.21. The third kappa shape index (κ3) is 2.59. The van der Waals surface area contributed by atoms with Crippen LogP contribution in [-0.4, -0.2) is 0 Å². The van der Waals surface area contributed by atoms with Gasteiger partial charge in [-0.25, -0.2) is 0 Å². The molecule has 86 valence electrons. The van der Waals surface area contributed by atoms with Gasteiger partial charge in [-0.3, -0.25) is 0 Å². The zero-order valence-corrected chi connectivity index (χ0v) is 9.32. The molecule has 0 heterocycles. The summed E-state index contributed by atoms with van der Waals surface area (Å²) in [6.45, 7) is 0. The number of ether oxygens (including phenoxy) is 1. The Labute approximate surface area is 103 Å². The van der Waals surface area contributed by atoms with Crippen molar-refractivity contribution in [1.29, 1.82) is 5.26 Å². The van der Waals surface area contributed by atoms with Crippen molar-refractivity contribution in [2.24, 2.45) is 5.11 Å². The van der Waals surface area contributed by atoms with E-state index >= 15 is 0 Å². The highest BCUT2D eigenvalue weighted by Crippen LogP contribution is 2.31. The van der Waals surface area contributed by atoms with E-state index in [1.165, 1.54) is 0 Å². The van der Waals surface area contributed by atoms with E-state index in [0.717, 1.165) is 0 Å². The Morgan fingerprint density at radius 2 is 2.00 bits per heavy atom. The van der Waals surface area contributed by atoms with Crippen LogP contribution in [-0.2, 0) is 0 Å². The van der Waals surface area contributed by atoms with Crippen LogP contribution in [0.2, 0.25) is 0 Å². The van der Waals surface area contributed by atoms with Crippen LogP contribution in [0.15, 0.2) is 53.6 Å². The van der Waals surface area contributed by atoms with Crippen LogP contribution >= 0.6 is 0 Å². The van der Waals surface area contributed by atoms with Crippen LogP contribution in [0.3, 0.4) is 0 Å². The van der Waals surface area contributed by atoms with Crippen molar-refractivity contribution >= 4 is 5.69 Å². The molecular weight excluding hydrogens is 228 g/mol. The number of azide groups is 1. The molecular formula is C13H8N4O. The summed E-state index contributed by atoms with van der Waals surface area (Å²) in [6, 6.07) is 15.7. The Morgan fingerprint density at radius 1 is 1.17 bits per heavy atom. The normalized spacial score (nSPS) is 9.06. The molecule has 2 aromatic carbocycles. The molecule has 0 N–H and O–H groups in total. The molecule has 2 rings (SSSR count). The minimum Gasteiger partial charge on any atom is -0.457 e. The third-order valence-corrected chi connectivity index (χ3v) is 2.21. The van der Waals surface area contributed by atoms with E-state index in [2.05, 4.69) is 10.0 Å². The highest BCUT2D eigenvalue weighted by atomic mass is 16.5. The van der Waals surface area contributed by atoms with Gasteiger partial charge in [-0.2, -0.15) is 5.26 Å². The van der Waals surface area contributed by atoms with Gasteiger partial charge in [-0.1, -0.05) is 23.3 Å². The number of benzene rings is 2. The lowest BCUT2D eigenvalue weighted by Gasteiger charge is -2.07. The Morgan fingerprint density at radius 3 is 2.78 bits per heavy atom. The van der Waals surface area contributed by atoms with E-state index in [-0.39, 0.29) is 0 Å². The van der Waals surface area contributed by atoms with E-state index in [4.69, 9.17) is 15.5 Å². The molecule has 5 heteroatoms. The molecule has 0 aliphatic rings. The maximum absolute atomic E-state index is 8.79. The lowest BCUT2D eigenvalue weighted by molar-refractivity contribution is 0.484. The highest BCUT2D eigenvalue weighted by Gasteiger charge is 2.03. The Balaban J connectivity index is 2.34. The SMILES string of the molecule is N#Cc1cccc(Oc2ccccc2N=[N+]=[N-])c1. The average molecular weight is 236 g/mol. The summed E-state index contributed by atoms with van der Waals surface area (Å²) in [5, 5.41) is 12.3. The summed E-state index contributed by atoms with van der Waals surface area (Å²) in [4.78, 5) is 2.73. The predicted octanol–water partition coefficient (Wildman–Crippen LogP) is 4.29. The average Bonchev–Trinajstić information content (AvgIpc) is 2.41. The quantitative estimate of drug-likeness (QED) is 0.452. The molecule has 0 aliphatic carbocycles. The van der Waals surface area contributed by atoms with E-state index in [1.807, 2.05) is 6.07 Å². The van der Waals surface area contributed by atoms with Crippen molar-refractivity contribution in [3.05, 3.63) is 64.5 Å². The maximum Gasteiger partial charge on any atom is 0.137 e. The number of rotatable bonds is 3. The summed E-state index contributed by atoms with van der Waals surface area (Å²) in [7, 11) is 0. The summed E-state index contributed by atoms with van der Waals surface area (Å²) < 4.78 is 5.59. The standard InChI is InChI=1S/C13H8N4O/c14-9-10-4-3-5-11(8-10)18-13-7-2-1-6-12(13)16-17-15/h1-8H. The van der Waals surface area contributed by atoms with Crippen LogP contribution in [0.25, 0.3) is 10.4 Å². The van der Waals surface area contributed by atoms with E-state index < -0.39 is 0 Å². The number of nitrogens with zero attached hydrogens (tertiary/aromatic N) is 4. The second-order valence-electron chi connectivity index (χ2n) is 3.40. The topological polar surface area (TPSA) is 81.8 Å². The van der Waals surface area contributed by atoms with Gasteiger partial charge in [0.2, 0.25) is 0 Å². The molecule has 2 aromatic rings. The van der Waals surface area contributed by atoms with Crippen LogP contribution < -0.4 is 4.74 Å². The lowest BCUT2D eigenvalue weighted by Crippen LogP contribution is -1.85. The molecule has 0 radical (unpaired) electrons. The van der Waals surface area contributed by atoms with E-state index in [0.29, 0.717) is 22.7 Å². The number of hydrogen-bond donors (Lipinski definition) is 0. The zero-order valence-electron chi connectivity index (χ0n) is 9.32. The van der Waals surface area contributed by atoms with Gasteiger partial charge < -0.3 is 4.74 Å². The zero-order chi connectivity index (χ0) is 12.8. The Kier molecular flexibility index (Phi) is 3.45. The number of hydrogen-bond acceptors (Lipinski definition) is 3. The van der Waals surface area contributed by atoms with E-state index in [9.17, 15) is 0 Å². The fourth-order valence-corrected chi connectivity index (χ4v) is 1.43. The van der Waals surface area contributed by atoms with Crippen molar-refractivity contribution in [2.45, 2.75) is 0 Å². The monoisotopic (exact) mass is 236 g/mol. The molecule has 0 atom stereocenters. The van der Waals surface area contributed by atoms with Crippen molar-refractivity contribution in [3.63, 3.8) is 0 Å². The van der Waals surface area contributed by atoms with Gasteiger partial charge in [-0.05, 0) is 35.9 Å². The van der Waals surface area contributed by atoms with Gasteiger partial charge >= 0.3 is 0 Å². The van der Waals surface area contributed by atoms with Crippen molar-refractivity contribution < 1.29 is 4.74 Å². The van der Waals surface area contributed by atoms with Crippen molar-refractivity contribution in [2.75, 3.05) is 0 Å². The van der Waals surface area contributed by atoms with E-state index in [1.54, 1.807) is 48.5 Å². The van der Waals surface area contributed by atoms with Gasteiger partial charge in [0.05, 0.1) is 17.3 Å². The molecule has 18 heavy (non-hydrogen) atoms. The molecule has 5 nitrogen and oxygen atoms in total. The summed E-state index contributed by atoms with van der Waals surface area (Å²) in [5.74, 6) is 0.972. The second kappa shape index (κ2) is 5.39. The number of nitriles is 1. The molecule has 0 bridgehead atoms. The largest absolute Gasteiger partial charge is 0.457 e. The summed E-state index contributed by atoms with van der Waals surface area (Å²) in [6.07, 6.45) is 0. The van der Waals surface area contributed by atoms with Crippen molar-refractivity contribution in [3.8, 4) is 17.6 Å². The van der Waals surface area contributed by atoms with Gasteiger partial charge in [0.1, 0.15) is 11.5 Å². The Hall–Kier alpha value is -2.96. The first-order chi connectivity index (χ1) is 8.83. The van der Waals surface area contributed by atoms with Gasteiger partial charge in [-0.15, -0.1) is 0 Å². The van der Waals surface area contributed by atoms with Crippen LogP contribution in [0.1, 0.15) is 5.56 Å². The minimum atomic E-state index is 0.405.